The van der Waals surface area contributed by atoms with Gasteiger partial charge in [-0.1, -0.05) is 11.6 Å². The molecule has 0 bridgehead atoms. The van der Waals surface area contributed by atoms with Crippen LogP contribution in [0, 0.1) is 0 Å². The second kappa shape index (κ2) is 5.33. The number of aromatic nitrogens is 2. The summed E-state index contributed by atoms with van der Waals surface area (Å²) in [4.78, 5) is 11.2. The van der Waals surface area contributed by atoms with Gasteiger partial charge in [0.25, 0.3) is 5.56 Å². The fraction of sp³-hybridized carbons (Fsp3) is 0.273. The smallest absolute Gasteiger partial charge is 0.285 e. The molecule has 2 N–H and O–H groups in total. The minimum atomic E-state index is -0.376. The fourth-order valence-electron chi connectivity index (χ4n) is 1.56. The van der Waals surface area contributed by atoms with E-state index in [1.165, 1.54) is 11.8 Å². The van der Waals surface area contributed by atoms with Crippen molar-refractivity contribution in [2.45, 2.75) is 19.4 Å². The molecule has 4 nitrogen and oxygen atoms in total. The zero-order valence-electron chi connectivity index (χ0n) is 9.24. The van der Waals surface area contributed by atoms with E-state index in [1.807, 2.05) is 12.3 Å². The Labute approximate surface area is 108 Å². The number of nitrogens with one attached hydrogen (secondary N) is 2. The van der Waals surface area contributed by atoms with Crippen molar-refractivity contribution in [3.8, 4) is 0 Å². The normalized spacial score (nSPS) is 12.4. The van der Waals surface area contributed by atoms with E-state index in [-0.39, 0.29) is 16.6 Å². The lowest BCUT2D eigenvalue weighted by molar-refractivity contribution is 0.789. The summed E-state index contributed by atoms with van der Waals surface area (Å²) in [6.45, 7) is 2.04. The number of halogens is 1. The molecular formula is C11H12ClN3OS. The van der Waals surface area contributed by atoms with Gasteiger partial charge in [0, 0.05) is 6.04 Å². The van der Waals surface area contributed by atoms with Crippen LogP contribution in [-0.2, 0) is 6.42 Å². The molecule has 0 radical (unpaired) electrons. The molecule has 2 aromatic heterocycles. The Morgan fingerprint density at radius 2 is 2.47 bits per heavy atom. The van der Waals surface area contributed by atoms with Crippen molar-refractivity contribution in [2.24, 2.45) is 0 Å². The Morgan fingerprint density at radius 1 is 1.65 bits per heavy atom. The molecule has 0 aliphatic carbocycles. The minimum Gasteiger partial charge on any atom is -0.380 e. The van der Waals surface area contributed by atoms with Crippen LogP contribution in [0.15, 0.2) is 27.8 Å². The van der Waals surface area contributed by atoms with Gasteiger partial charge in [-0.25, -0.2) is 5.10 Å². The van der Waals surface area contributed by atoms with Crippen LogP contribution >= 0.6 is 22.9 Å². The lowest BCUT2D eigenvalue weighted by Gasteiger charge is -2.14. The summed E-state index contributed by atoms with van der Waals surface area (Å²) in [5.41, 5.74) is 1.46. The van der Waals surface area contributed by atoms with E-state index in [4.69, 9.17) is 11.6 Å². The van der Waals surface area contributed by atoms with Gasteiger partial charge < -0.3 is 5.32 Å². The van der Waals surface area contributed by atoms with Crippen LogP contribution in [0.25, 0.3) is 0 Å². The molecule has 0 spiro atoms. The molecule has 6 heteroatoms. The molecule has 2 aromatic rings. The zero-order valence-corrected chi connectivity index (χ0v) is 10.8. The predicted octanol–water partition coefficient (Wildman–Crippen LogP) is 2.53. The van der Waals surface area contributed by atoms with Gasteiger partial charge in [-0.3, -0.25) is 4.79 Å². The number of hydrogen-bond acceptors (Lipinski definition) is 4. The standard InChI is InChI=1S/C11H12ClN3OS/c1-7(4-8-2-3-17-6-8)14-9-5-13-15-11(16)10(9)12/h2-3,5-7H,4H2,1H3,(H2,14,15,16). The summed E-state index contributed by atoms with van der Waals surface area (Å²) in [6, 6.07) is 2.27. The molecule has 90 valence electrons. The Hall–Kier alpha value is -1.33. The molecule has 1 unspecified atom stereocenters. The minimum absolute atomic E-state index is 0.150. The van der Waals surface area contributed by atoms with Crippen LogP contribution in [-0.4, -0.2) is 16.2 Å². The third-order valence-corrected chi connectivity index (χ3v) is 3.43. The molecule has 2 rings (SSSR count). The Bertz CT molecular complexity index is 538. The van der Waals surface area contributed by atoms with Crippen molar-refractivity contribution in [3.63, 3.8) is 0 Å². The van der Waals surface area contributed by atoms with Crippen molar-refractivity contribution in [1.82, 2.24) is 10.2 Å². The van der Waals surface area contributed by atoms with Gasteiger partial charge in [-0.2, -0.15) is 16.4 Å². The van der Waals surface area contributed by atoms with E-state index in [1.54, 1.807) is 11.3 Å². The molecule has 0 fully saturated rings. The Balaban J connectivity index is 2.05. The predicted molar refractivity (Wildman–Crippen MR) is 71.0 cm³/mol. The summed E-state index contributed by atoms with van der Waals surface area (Å²) in [5, 5.41) is 13.5. The molecule has 2 heterocycles. The number of nitrogens with zero attached hydrogens (tertiary/aromatic N) is 1. The van der Waals surface area contributed by atoms with Gasteiger partial charge in [-0.05, 0) is 35.7 Å². The maximum absolute atomic E-state index is 11.2. The highest BCUT2D eigenvalue weighted by Crippen LogP contribution is 2.17. The average molecular weight is 270 g/mol. The van der Waals surface area contributed by atoms with E-state index < -0.39 is 0 Å². The van der Waals surface area contributed by atoms with Gasteiger partial charge in [0.15, 0.2) is 0 Å². The monoisotopic (exact) mass is 269 g/mol. The quantitative estimate of drug-likeness (QED) is 0.897. The van der Waals surface area contributed by atoms with E-state index >= 15 is 0 Å². The van der Waals surface area contributed by atoms with Crippen molar-refractivity contribution >= 4 is 28.6 Å². The topological polar surface area (TPSA) is 57.8 Å². The van der Waals surface area contributed by atoms with Crippen LogP contribution in [0.4, 0.5) is 5.69 Å². The van der Waals surface area contributed by atoms with Crippen molar-refractivity contribution in [3.05, 3.63) is 44.0 Å². The first kappa shape index (κ1) is 12.1. The fourth-order valence-corrected chi connectivity index (χ4v) is 2.39. The van der Waals surface area contributed by atoms with Gasteiger partial charge in [0.1, 0.15) is 5.02 Å². The SMILES string of the molecule is CC(Cc1ccsc1)Nc1cn[nH]c(=O)c1Cl. The summed E-state index contributed by atoms with van der Waals surface area (Å²) >= 11 is 7.55. The summed E-state index contributed by atoms with van der Waals surface area (Å²) in [5.74, 6) is 0. The molecule has 17 heavy (non-hydrogen) atoms. The van der Waals surface area contributed by atoms with Crippen molar-refractivity contribution < 1.29 is 0 Å². The number of rotatable bonds is 4. The lowest BCUT2D eigenvalue weighted by Crippen LogP contribution is -2.20. The highest BCUT2D eigenvalue weighted by molar-refractivity contribution is 7.07. The molecule has 0 saturated heterocycles. The Morgan fingerprint density at radius 3 is 3.18 bits per heavy atom. The maximum Gasteiger partial charge on any atom is 0.285 e. The zero-order chi connectivity index (χ0) is 12.3. The van der Waals surface area contributed by atoms with E-state index in [0.29, 0.717) is 5.69 Å². The number of H-pyrrole nitrogens is 1. The van der Waals surface area contributed by atoms with Crippen LogP contribution < -0.4 is 10.9 Å². The number of hydrogen-bond donors (Lipinski definition) is 2. The number of anilines is 1. The molecule has 0 amide bonds. The maximum atomic E-state index is 11.2. The van der Waals surface area contributed by atoms with E-state index in [2.05, 4.69) is 27.0 Å². The molecule has 0 saturated carbocycles. The molecule has 0 aliphatic heterocycles. The number of thiophene rings is 1. The molecule has 0 aliphatic rings. The van der Waals surface area contributed by atoms with Crippen LogP contribution in [0.3, 0.4) is 0 Å². The third kappa shape index (κ3) is 3.08. The largest absolute Gasteiger partial charge is 0.380 e. The highest BCUT2D eigenvalue weighted by Gasteiger charge is 2.09. The van der Waals surface area contributed by atoms with Gasteiger partial charge in [0.2, 0.25) is 0 Å². The highest BCUT2D eigenvalue weighted by atomic mass is 35.5. The van der Waals surface area contributed by atoms with Gasteiger partial charge in [0.05, 0.1) is 11.9 Å². The molecular weight excluding hydrogens is 258 g/mol. The van der Waals surface area contributed by atoms with Crippen LogP contribution in [0.1, 0.15) is 12.5 Å². The van der Waals surface area contributed by atoms with Gasteiger partial charge >= 0.3 is 0 Å². The molecule has 0 aromatic carbocycles. The first-order valence-electron chi connectivity index (χ1n) is 5.17. The third-order valence-electron chi connectivity index (χ3n) is 2.32. The second-order valence-corrected chi connectivity index (χ2v) is 4.97. The van der Waals surface area contributed by atoms with Crippen molar-refractivity contribution in [2.75, 3.05) is 5.32 Å². The van der Waals surface area contributed by atoms with E-state index in [0.717, 1.165) is 6.42 Å². The Kier molecular flexibility index (Phi) is 3.81. The molecule has 1 atom stereocenters. The first-order valence-corrected chi connectivity index (χ1v) is 6.49. The lowest BCUT2D eigenvalue weighted by atomic mass is 10.1. The summed E-state index contributed by atoms with van der Waals surface area (Å²) < 4.78 is 0. The van der Waals surface area contributed by atoms with E-state index in [9.17, 15) is 4.79 Å². The summed E-state index contributed by atoms with van der Waals surface area (Å²) in [6.07, 6.45) is 2.40. The average Bonchev–Trinajstić information content (AvgIpc) is 2.77. The van der Waals surface area contributed by atoms with Crippen molar-refractivity contribution in [1.29, 1.82) is 0 Å². The van der Waals surface area contributed by atoms with Gasteiger partial charge in [-0.15, -0.1) is 0 Å². The first-order chi connectivity index (χ1) is 8.16. The second-order valence-electron chi connectivity index (χ2n) is 3.81. The van der Waals surface area contributed by atoms with Crippen LogP contribution in [0.2, 0.25) is 5.02 Å². The summed E-state index contributed by atoms with van der Waals surface area (Å²) in [7, 11) is 0. The van der Waals surface area contributed by atoms with Crippen LogP contribution in [0.5, 0.6) is 0 Å². The number of aromatic amines is 1.